The smallest absolute Gasteiger partial charge is 0.218 e. The first kappa shape index (κ1) is 16.6. The summed E-state index contributed by atoms with van der Waals surface area (Å²) in [6, 6.07) is 1.88. The highest BCUT2D eigenvalue weighted by Crippen LogP contribution is 2.24. The maximum absolute atomic E-state index is 12.1. The first-order valence-corrected chi connectivity index (χ1v) is 7.31. The molecule has 1 aromatic heterocycles. The number of hydrogen-bond acceptors (Lipinski definition) is 6. The first-order chi connectivity index (χ1) is 10.6. The van der Waals surface area contributed by atoms with Crippen molar-refractivity contribution in [2.24, 2.45) is 10.9 Å². The standard InChI is InChI=1S/C16H22N2O4/c1-10(9-21-2)4-13(20)6-12-5-11-7-17-16(22-3)15(11)14(8-19)18-12/h5,10,19H,4,6-9H2,1-3H3/t10-/m0/s1. The highest BCUT2D eigenvalue weighted by molar-refractivity contribution is 5.98. The van der Waals surface area contributed by atoms with E-state index < -0.39 is 0 Å². The predicted octanol–water partition coefficient (Wildman–Crippen LogP) is 1.26. The van der Waals surface area contributed by atoms with Gasteiger partial charge in [0.1, 0.15) is 5.78 Å². The first-order valence-electron chi connectivity index (χ1n) is 7.31. The molecular weight excluding hydrogens is 284 g/mol. The summed E-state index contributed by atoms with van der Waals surface area (Å²) in [6.07, 6.45) is 0.720. The van der Waals surface area contributed by atoms with Crippen LogP contribution in [-0.4, -0.2) is 42.6 Å². The maximum Gasteiger partial charge on any atom is 0.218 e. The van der Waals surface area contributed by atoms with Gasteiger partial charge in [-0.3, -0.25) is 9.78 Å². The zero-order chi connectivity index (χ0) is 16.1. The average molecular weight is 306 g/mol. The van der Waals surface area contributed by atoms with Crippen LogP contribution in [0.2, 0.25) is 0 Å². The molecule has 0 fully saturated rings. The lowest BCUT2D eigenvalue weighted by atomic mass is 10.0. The Kier molecular flexibility index (Phi) is 5.63. The van der Waals surface area contributed by atoms with E-state index in [1.54, 1.807) is 14.2 Å². The monoisotopic (exact) mass is 306 g/mol. The number of aliphatic imine (C=N–C) groups is 1. The Balaban J connectivity index is 2.13. The van der Waals surface area contributed by atoms with E-state index in [9.17, 15) is 9.90 Å². The van der Waals surface area contributed by atoms with E-state index in [-0.39, 0.29) is 24.7 Å². The topological polar surface area (TPSA) is 81.0 Å². The Morgan fingerprint density at radius 2 is 2.23 bits per heavy atom. The van der Waals surface area contributed by atoms with Gasteiger partial charge in [-0.15, -0.1) is 0 Å². The van der Waals surface area contributed by atoms with Crippen molar-refractivity contribution in [3.63, 3.8) is 0 Å². The fourth-order valence-corrected chi connectivity index (χ4v) is 2.72. The van der Waals surface area contributed by atoms with Gasteiger partial charge in [0.15, 0.2) is 0 Å². The van der Waals surface area contributed by atoms with Crippen molar-refractivity contribution < 1.29 is 19.4 Å². The van der Waals surface area contributed by atoms with Crippen LogP contribution in [0, 0.1) is 5.92 Å². The predicted molar refractivity (Wildman–Crippen MR) is 81.8 cm³/mol. The van der Waals surface area contributed by atoms with Crippen molar-refractivity contribution >= 4 is 11.7 Å². The van der Waals surface area contributed by atoms with E-state index in [0.717, 1.165) is 11.1 Å². The minimum absolute atomic E-state index is 0.117. The number of aliphatic hydroxyl groups excluding tert-OH is 1. The summed E-state index contributed by atoms with van der Waals surface area (Å²) in [5.41, 5.74) is 2.89. The number of nitrogens with zero attached hydrogens (tertiary/aromatic N) is 2. The van der Waals surface area contributed by atoms with Gasteiger partial charge in [0.25, 0.3) is 0 Å². The van der Waals surface area contributed by atoms with Crippen molar-refractivity contribution in [2.75, 3.05) is 20.8 Å². The molecule has 0 radical (unpaired) electrons. The zero-order valence-electron chi connectivity index (χ0n) is 13.3. The fourth-order valence-electron chi connectivity index (χ4n) is 2.72. The molecule has 0 unspecified atom stereocenters. The van der Waals surface area contributed by atoms with E-state index in [4.69, 9.17) is 9.47 Å². The van der Waals surface area contributed by atoms with Crippen molar-refractivity contribution in [2.45, 2.75) is 32.9 Å². The number of aromatic nitrogens is 1. The number of methoxy groups -OCH3 is 2. The molecule has 1 aliphatic rings. The number of rotatable bonds is 7. The van der Waals surface area contributed by atoms with Crippen LogP contribution in [0.15, 0.2) is 11.1 Å². The molecule has 120 valence electrons. The SMILES string of the molecule is COC[C@@H](C)CC(=O)Cc1cc2c(c(CO)n1)C(OC)=NC2. The second kappa shape index (κ2) is 7.47. The molecule has 0 bridgehead atoms. The van der Waals surface area contributed by atoms with Crippen LogP contribution in [0.3, 0.4) is 0 Å². The highest BCUT2D eigenvalue weighted by atomic mass is 16.5. The Hall–Kier alpha value is -1.79. The summed E-state index contributed by atoms with van der Waals surface area (Å²) in [6.45, 7) is 2.84. The molecule has 6 heteroatoms. The number of carbonyl (C=O) groups excluding carboxylic acids is 1. The van der Waals surface area contributed by atoms with Crippen molar-refractivity contribution in [3.05, 3.63) is 28.6 Å². The van der Waals surface area contributed by atoms with Gasteiger partial charge in [0.2, 0.25) is 5.90 Å². The van der Waals surface area contributed by atoms with E-state index in [2.05, 4.69) is 9.98 Å². The molecule has 2 rings (SSSR count). The Morgan fingerprint density at radius 1 is 1.45 bits per heavy atom. The van der Waals surface area contributed by atoms with Crippen molar-refractivity contribution in [3.8, 4) is 0 Å². The lowest BCUT2D eigenvalue weighted by molar-refractivity contribution is -0.119. The van der Waals surface area contributed by atoms with Gasteiger partial charge in [0, 0.05) is 32.3 Å². The van der Waals surface area contributed by atoms with E-state index in [1.807, 2.05) is 13.0 Å². The van der Waals surface area contributed by atoms with Crippen LogP contribution in [-0.2, 0) is 33.8 Å². The number of Topliss-reactive ketones (excluding diaryl/α,β-unsaturated/α-hetero) is 1. The molecule has 0 saturated heterocycles. The van der Waals surface area contributed by atoms with E-state index in [1.165, 1.54) is 0 Å². The Bertz CT molecular complexity index is 584. The molecule has 1 aromatic rings. The van der Waals surface area contributed by atoms with Gasteiger partial charge in [-0.1, -0.05) is 6.92 Å². The van der Waals surface area contributed by atoms with Crippen LogP contribution in [0.5, 0.6) is 0 Å². The van der Waals surface area contributed by atoms with Gasteiger partial charge >= 0.3 is 0 Å². The molecule has 22 heavy (non-hydrogen) atoms. The lowest BCUT2D eigenvalue weighted by Gasteiger charge is -2.11. The molecule has 0 spiro atoms. The van der Waals surface area contributed by atoms with Gasteiger partial charge in [0.05, 0.1) is 31.5 Å². The number of ether oxygens (including phenoxy) is 2. The third kappa shape index (κ3) is 3.69. The maximum atomic E-state index is 12.1. The molecular formula is C16H22N2O4. The summed E-state index contributed by atoms with van der Waals surface area (Å²) in [5.74, 6) is 0.803. The summed E-state index contributed by atoms with van der Waals surface area (Å²) >= 11 is 0. The average Bonchev–Trinajstić information content (AvgIpc) is 2.89. The zero-order valence-corrected chi connectivity index (χ0v) is 13.3. The highest BCUT2D eigenvalue weighted by Gasteiger charge is 2.23. The molecule has 2 heterocycles. The van der Waals surface area contributed by atoms with Gasteiger partial charge in [-0.05, 0) is 17.5 Å². The van der Waals surface area contributed by atoms with Gasteiger partial charge in [-0.25, -0.2) is 4.99 Å². The second-order valence-electron chi connectivity index (χ2n) is 5.56. The van der Waals surface area contributed by atoms with Crippen LogP contribution < -0.4 is 0 Å². The minimum atomic E-state index is -0.202. The van der Waals surface area contributed by atoms with Gasteiger partial charge < -0.3 is 14.6 Å². The number of aliphatic hydroxyl groups is 1. The van der Waals surface area contributed by atoms with Crippen LogP contribution in [0.1, 0.15) is 35.9 Å². The van der Waals surface area contributed by atoms with Crippen molar-refractivity contribution in [1.29, 1.82) is 0 Å². The second-order valence-corrected chi connectivity index (χ2v) is 5.56. The molecule has 1 N–H and O–H groups in total. The summed E-state index contributed by atoms with van der Waals surface area (Å²) in [7, 11) is 3.17. The molecule has 0 aliphatic carbocycles. The number of fused-ring (bicyclic) bond motifs is 1. The normalized spacial score (nSPS) is 14.5. The molecule has 6 nitrogen and oxygen atoms in total. The molecule has 0 amide bonds. The summed E-state index contributed by atoms with van der Waals surface area (Å²) in [4.78, 5) is 20.8. The summed E-state index contributed by atoms with van der Waals surface area (Å²) < 4.78 is 10.2. The van der Waals surface area contributed by atoms with Crippen molar-refractivity contribution in [1.82, 2.24) is 4.98 Å². The van der Waals surface area contributed by atoms with Gasteiger partial charge in [-0.2, -0.15) is 0 Å². The third-order valence-corrected chi connectivity index (χ3v) is 3.58. The number of ketones is 1. The third-order valence-electron chi connectivity index (χ3n) is 3.58. The number of pyridine rings is 1. The van der Waals surface area contributed by atoms with E-state index in [0.29, 0.717) is 36.9 Å². The minimum Gasteiger partial charge on any atom is -0.481 e. The fraction of sp³-hybridized carbons (Fsp3) is 0.562. The molecule has 0 saturated carbocycles. The Labute approximate surface area is 130 Å². The summed E-state index contributed by atoms with van der Waals surface area (Å²) in [5, 5.41) is 9.51. The number of hydrogen-bond donors (Lipinski definition) is 1. The molecule has 1 aliphatic heterocycles. The molecule has 1 atom stereocenters. The largest absolute Gasteiger partial charge is 0.481 e. The molecule has 0 aromatic carbocycles. The van der Waals surface area contributed by atoms with Crippen LogP contribution in [0.4, 0.5) is 0 Å². The van der Waals surface area contributed by atoms with E-state index >= 15 is 0 Å². The van der Waals surface area contributed by atoms with Crippen LogP contribution >= 0.6 is 0 Å². The Morgan fingerprint density at radius 3 is 2.86 bits per heavy atom. The lowest BCUT2D eigenvalue weighted by Crippen LogP contribution is -2.15. The quantitative estimate of drug-likeness (QED) is 0.820. The number of carbonyl (C=O) groups is 1. The van der Waals surface area contributed by atoms with Crippen LogP contribution in [0.25, 0.3) is 0 Å².